The predicted molar refractivity (Wildman–Crippen MR) is 99.5 cm³/mol. The van der Waals surface area contributed by atoms with Gasteiger partial charge in [-0.05, 0) is 34.5 Å². The summed E-state index contributed by atoms with van der Waals surface area (Å²) in [6, 6.07) is 19.0. The number of aliphatic carboxylic acids is 1. The number of nitrogens with one attached hydrogen (secondary N) is 1. The van der Waals surface area contributed by atoms with Crippen LogP contribution in [0, 0.1) is 0 Å². The van der Waals surface area contributed by atoms with Gasteiger partial charge in [0.2, 0.25) is 0 Å². The Labute approximate surface area is 151 Å². The van der Waals surface area contributed by atoms with Crippen LogP contribution in [0.15, 0.2) is 66.7 Å². The lowest BCUT2D eigenvalue weighted by molar-refractivity contribution is -0.139. The van der Waals surface area contributed by atoms with Gasteiger partial charge < -0.3 is 15.2 Å². The molecule has 0 bridgehead atoms. The molecule has 0 saturated carbocycles. The molecule has 0 unspecified atom stereocenters. The summed E-state index contributed by atoms with van der Waals surface area (Å²) >= 11 is 0. The molecule has 5 nitrogen and oxygen atoms in total. The van der Waals surface area contributed by atoms with Gasteiger partial charge in [0.1, 0.15) is 11.8 Å². The molecule has 26 heavy (non-hydrogen) atoms. The molecule has 1 atom stereocenters. The molecule has 3 rings (SSSR count). The second-order valence-corrected chi connectivity index (χ2v) is 5.95. The van der Waals surface area contributed by atoms with Crippen molar-refractivity contribution in [3.05, 3.63) is 77.9 Å². The fourth-order valence-corrected chi connectivity index (χ4v) is 2.89. The quantitative estimate of drug-likeness (QED) is 0.716. The van der Waals surface area contributed by atoms with Crippen LogP contribution in [0.25, 0.3) is 10.8 Å². The number of methoxy groups -OCH3 is 1. The maximum atomic E-state index is 12.7. The van der Waals surface area contributed by atoms with Gasteiger partial charge in [0.25, 0.3) is 5.91 Å². The van der Waals surface area contributed by atoms with Crippen molar-refractivity contribution >= 4 is 22.6 Å². The van der Waals surface area contributed by atoms with Crippen LogP contribution < -0.4 is 10.1 Å². The van der Waals surface area contributed by atoms with E-state index < -0.39 is 17.9 Å². The number of carboxylic acids is 1. The highest BCUT2D eigenvalue weighted by Crippen LogP contribution is 2.19. The first-order valence-corrected chi connectivity index (χ1v) is 8.23. The summed E-state index contributed by atoms with van der Waals surface area (Å²) in [5, 5.41) is 13.9. The molecule has 0 radical (unpaired) electrons. The molecule has 0 aliphatic carbocycles. The van der Waals surface area contributed by atoms with E-state index in [4.69, 9.17) is 4.74 Å². The first-order chi connectivity index (χ1) is 12.6. The summed E-state index contributed by atoms with van der Waals surface area (Å²) in [7, 11) is 1.55. The molecule has 0 fully saturated rings. The van der Waals surface area contributed by atoms with E-state index in [-0.39, 0.29) is 6.42 Å². The predicted octanol–water partition coefficient (Wildman–Crippen LogP) is 3.27. The Morgan fingerprint density at radius 2 is 1.77 bits per heavy atom. The molecular formula is C21H19NO4. The fraction of sp³-hybridized carbons (Fsp3) is 0.143. The number of ether oxygens (including phenoxy) is 1. The Hall–Kier alpha value is -3.34. The Kier molecular flexibility index (Phi) is 5.17. The lowest BCUT2D eigenvalue weighted by Gasteiger charge is -2.16. The van der Waals surface area contributed by atoms with Crippen molar-refractivity contribution in [2.24, 2.45) is 0 Å². The molecule has 0 aliphatic heterocycles. The van der Waals surface area contributed by atoms with Gasteiger partial charge in [-0.25, -0.2) is 4.79 Å². The third kappa shape index (κ3) is 3.83. The Bertz CT molecular complexity index is 946. The van der Waals surface area contributed by atoms with E-state index in [9.17, 15) is 14.7 Å². The first-order valence-electron chi connectivity index (χ1n) is 8.23. The van der Waals surface area contributed by atoms with E-state index in [1.807, 2.05) is 36.4 Å². The Morgan fingerprint density at radius 1 is 1.04 bits per heavy atom. The minimum Gasteiger partial charge on any atom is -0.497 e. The number of hydrogen-bond donors (Lipinski definition) is 2. The molecule has 3 aromatic rings. The number of carbonyl (C=O) groups excluding carboxylic acids is 1. The number of carboxylic acid groups (broad SMARTS) is 1. The zero-order chi connectivity index (χ0) is 18.5. The molecular weight excluding hydrogens is 330 g/mol. The van der Waals surface area contributed by atoms with Crippen molar-refractivity contribution < 1.29 is 19.4 Å². The van der Waals surface area contributed by atoms with Gasteiger partial charge in [0, 0.05) is 12.0 Å². The maximum absolute atomic E-state index is 12.7. The van der Waals surface area contributed by atoms with Gasteiger partial charge in [-0.1, -0.05) is 48.5 Å². The van der Waals surface area contributed by atoms with E-state index in [1.54, 1.807) is 37.4 Å². The zero-order valence-electron chi connectivity index (χ0n) is 14.3. The third-order valence-corrected chi connectivity index (χ3v) is 4.21. The number of rotatable bonds is 6. The summed E-state index contributed by atoms with van der Waals surface area (Å²) in [5.74, 6) is -0.842. The lowest BCUT2D eigenvalue weighted by atomic mass is 10.0. The third-order valence-electron chi connectivity index (χ3n) is 4.21. The molecule has 5 heteroatoms. The fourth-order valence-electron chi connectivity index (χ4n) is 2.89. The Balaban J connectivity index is 1.83. The molecule has 3 aromatic carbocycles. The molecule has 0 heterocycles. The number of benzene rings is 3. The van der Waals surface area contributed by atoms with Gasteiger partial charge in [0.05, 0.1) is 7.11 Å². The van der Waals surface area contributed by atoms with Crippen LogP contribution >= 0.6 is 0 Å². The van der Waals surface area contributed by atoms with E-state index >= 15 is 0 Å². The van der Waals surface area contributed by atoms with Gasteiger partial charge in [0.15, 0.2) is 0 Å². The average molecular weight is 349 g/mol. The van der Waals surface area contributed by atoms with Crippen molar-refractivity contribution in [3.8, 4) is 5.75 Å². The number of hydrogen-bond acceptors (Lipinski definition) is 3. The van der Waals surface area contributed by atoms with Crippen LogP contribution in [0.1, 0.15) is 15.9 Å². The smallest absolute Gasteiger partial charge is 0.326 e. The molecule has 0 spiro atoms. The van der Waals surface area contributed by atoms with Crippen LogP contribution in [0.4, 0.5) is 0 Å². The SMILES string of the molecule is COc1cccc(C[C@@H](NC(=O)c2cccc3ccccc23)C(=O)O)c1. The highest BCUT2D eigenvalue weighted by atomic mass is 16.5. The zero-order valence-corrected chi connectivity index (χ0v) is 14.3. The van der Waals surface area contributed by atoms with E-state index in [0.717, 1.165) is 16.3 Å². The van der Waals surface area contributed by atoms with Crippen molar-refractivity contribution in [1.29, 1.82) is 0 Å². The summed E-state index contributed by atoms with van der Waals surface area (Å²) < 4.78 is 5.16. The minimum absolute atomic E-state index is 0.170. The molecule has 0 aromatic heterocycles. The molecule has 2 N–H and O–H groups in total. The molecule has 0 saturated heterocycles. The average Bonchev–Trinajstić information content (AvgIpc) is 2.67. The lowest BCUT2D eigenvalue weighted by Crippen LogP contribution is -2.42. The number of fused-ring (bicyclic) bond motifs is 1. The maximum Gasteiger partial charge on any atom is 0.326 e. The minimum atomic E-state index is -1.08. The van der Waals surface area contributed by atoms with Gasteiger partial charge in [-0.2, -0.15) is 0 Å². The monoisotopic (exact) mass is 349 g/mol. The van der Waals surface area contributed by atoms with Crippen LogP contribution in [-0.4, -0.2) is 30.1 Å². The second-order valence-electron chi connectivity index (χ2n) is 5.95. The number of carbonyl (C=O) groups is 2. The van der Waals surface area contributed by atoms with E-state index in [2.05, 4.69) is 5.32 Å². The summed E-state index contributed by atoms with van der Waals surface area (Å²) in [4.78, 5) is 24.3. The normalized spacial score (nSPS) is 11.7. The van der Waals surface area contributed by atoms with Crippen LogP contribution in [-0.2, 0) is 11.2 Å². The molecule has 1 amide bonds. The molecule has 0 aliphatic rings. The molecule has 132 valence electrons. The summed E-state index contributed by atoms with van der Waals surface area (Å²) in [6.45, 7) is 0. The van der Waals surface area contributed by atoms with Crippen molar-refractivity contribution in [2.45, 2.75) is 12.5 Å². The van der Waals surface area contributed by atoms with Gasteiger partial charge >= 0.3 is 5.97 Å². The Morgan fingerprint density at radius 3 is 2.54 bits per heavy atom. The van der Waals surface area contributed by atoms with E-state index in [0.29, 0.717) is 11.3 Å². The van der Waals surface area contributed by atoms with Crippen LogP contribution in [0.2, 0.25) is 0 Å². The van der Waals surface area contributed by atoms with Crippen molar-refractivity contribution in [3.63, 3.8) is 0 Å². The highest BCUT2D eigenvalue weighted by molar-refractivity contribution is 6.07. The highest BCUT2D eigenvalue weighted by Gasteiger charge is 2.22. The van der Waals surface area contributed by atoms with Gasteiger partial charge in [-0.3, -0.25) is 4.79 Å². The number of amides is 1. The van der Waals surface area contributed by atoms with Crippen molar-refractivity contribution in [2.75, 3.05) is 7.11 Å². The second kappa shape index (κ2) is 7.70. The van der Waals surface area contributed by atoms with Gasteiger partial charge in [-0.15, -0.1) is 0 Å². The standard InChI is InChI=1S/C21H19NO4/c1-26-16-9-4-6-14(12-16)13-19(21(24)25)22-20(23)18-11-5-8-15-7-2-3-10-17(15)18/h2-12,19H,13H2,1H3,(H,22,23)(H,24,25)/t19-/m1/s1. The van der Waals surface area contributed by atoms with E-state index in [1.165, 1.54) is 0 Å². The van der Waals surface area contributed by atoms with Crippen LogP contribution in [0.5, 0.6) is 5.75 Å². The topological polar surface area (TPSA) is 75.6 Å². The van der Waals surface area contributed by atoms with Crippen molar-refractivity contribution in [1.82, 2.24) is 5.32 Å². The largest absolute Gasteiger partial charge is 0.497 e. The first kappa shape index (κ1) is 17.5. The van der Waals surface area contributed by atoms with Crippen LogP contribution in [0.3, 0.4) is 0 Å². The summed E-state index contributed by atoms with van der Waals surface area (Å²) in [6.07, 6.45) is 0.170. The summed E-state index contributed by atoms with van der Waals surface area (Å²) in [5.41, 5.74) is 1.23.